The summed E-state index contributed by atoms with van der Waals surface area (Å²) in [5.41, 5.74) is -0.0947. The standard InChI is InChI=1S/C11H14O3/c1-8-3-6-11(12-2,14-8)10(7-13-10)9(8)4-5-9/h3,6H,4-5,7H2,1-2H3/t8-,10+,11+/m0/s1. The monoisotopic (exact) mass is 194 g/mol. The molecule has 0 N–H and O–H groups in total. The van der Waals surface area contributed by atoms with Gasteiger partial charge < -0.3 is 14.2 Å². The first-order valence-electron chi connectivity index (χ1n) is 5.23. The van der Waals surface area contributed by atoms with E-state index in [4.69, 9.17) is 14.2 Å². The highest BCUT2D eigenvalue weighted by molar-refractivity contribution is 5.44. The second kappa shape index (κ2) is 1.70. The van der Waals surface area contributed by atoms with Gasteiger partial charge in [-0.2, -0.15) is 0 Å². The molecule has 1 aliphatic carbocycles. The maximum Gasteiger partial charge on any atom is 0.221 e. The van der Waals surface area contributed by atoms with Gasteiger partial charge in [0.25, 0.3) is 0 Å². The van der Waals surface area contributed by atoms with Gasteiger partial charge in [0.1, 0.15) is 0 Å². The van der Waals surface area contributed by atoms with E-state index in [-0.39, 0.29) is 16.6 Å². The van der Waals surface area contributed by atoms with Crippen molar-refractivity contribution in [3.63, 3.8) is 0 Å². The van der Waals surface area contributed by atoms with E-state index in [9.17, 15) is 0 Å². The van der Waals surface area contributed by atoms with Gasteiger partial charge in [0.15, 0.2) is 5.60 Å². The summed E-state index contributed by atoms with van der Waals surface area (Å²) < 4.78 is 17.4. The van der Waals surface area contributed by atoms with E-state index in [1.807, 2.05) is 6.08 Å². The molecule has 0 aromatic rings. The number of hydrogen-bond donors (Lipinski definition) is 0. The summed E-state index contributed by atoms with van der Waals surface area (Å²) in [7, 11) is 1.71. The lowest BCUT2D eigenvalue weighted by molar-refractivity contribution is -0.199. The second-order valence-corrected chi connectivity index (χ2v) is 5.11. The number of fused-ring (bicyclic) bond motifs is 5. The lowest BCUT2D eigenvalue weighted by Gasteiger charge is -2.31. The highest BCUT2D eigenvalue weighted by atomic mass is 16.8. The van der Waals surface area contributed by atoms with Crippen molar-refractivity contribution in [2.75, 3.05) is 13.7 Å². The van der Waals surface area contributed by atoms with Crippen LogP contribution in [0, 0.1) is 5.41 Å². The van der Waals surface area contributed by atoms with Crippen LogP contribution in [0.25, 0.3) is 0 Å². The topological polar surface area (TPSA) is 31.0 Å². The molecular weight excluding hydrogens is 180 g/mol. The zero-order valence-corrected chi connectivity index (χ0v) is 8.50. The minimum absolute atomic E-state index is 0.153. The maximum absolute atomic E-state index is 6.09. The van der Waals surface area contributed by atoms with E-state index < -0.39 is 5.79 Å². The molecule has 4 rings (SSSR count). The molecule has 2 saturated heterocycles. The van der Waals surface area contributed by atoms with Crippen molar-refractivity contribution in [2.45, 2.75) is 36.8 Å². The Kier molecular flexibility index (Phi) is 0.956. The van der Waals surface area contributed by atoms with Gasteiger partial charge in [-0.15, -0.1) is 0 Å². The molecule has 0 radical (unpaired) electrons. The SMILES string of the molecule is CO[C@]12C=C[C@](C)(O1)C1(CC1)[C@]21CO1. The maximum atomic E-state index is 6.09. The zero-order valence-electron chi connectivity index (χ0n) is 8.50. The lowest BCUT2D eigenvalue weighted by Crippen LogP contribution is -2.47. The highest BCUT2D eigenvalue weighted by Crippen LogP contribution is 2.79. The van der Waals surface area contributed by atoms with Crippen LogP contribution in [-0.4, -0.2) is 30.7 Å². The van der Waals surface area contributed by atoms with E-state index >= 15 is 0 Å². The average molecular weight is 194 g/mol. The Morgan fingerprint density at radius 2 is 2.00 bits per heavy atom. The Balaban J connectivity index is 1.96. The molecule has 0 amide bonds. The average Bonchev–Trinajstić information content (AvgIpc) is 3.02. The summed E-state index contributed by atoms with van der Waals surface area (Å²) in [6, 6.07) is 0. The molecule has 3 atom stereocenters. The van der Waals surface area contributed by atoms with Crippen LogP contribution in [-0.2, 0) is 14.2 Å². The molecular formula is C11H14O3. The fraction of sp³-hybridized carbons (Fsp3) is 0.818. The minimum atomic E-state index is -0.585. The van der Waals surface area contributed by atoms with Crippen molar-refractivity contribution >= 4 is 0 Å². The van der Waals surface area contributed by atoms with Crippen LogP contribution >= 0.6 is 0 Å². The largest absolute Gasteiger partial charge is 0.363 e. The van der Waals surface area contributed by atoms with E-state index in [1.165, 1.54) is 12.8 Å². The quantitative estimate of drug-likeness (QED) is 0.465. The van der Waals surface area contributed by atoms with Gasteiger partial charge in [0.05, 0.1) is 12.2 Å². The van der Waals surface area contributed by atoms with Crippen LogP contribution in [0.2, 0.25) is 0 Å². The van der Waals surface area contributed by atoms with E-state index in [0.717, 1.165) is 6.61 Å². The number of methoxy groups -OCH3 is 1. The van der Waals surface area contributed by atoms with Crippen LogP contribution < -0.4 is 0 Å². The van der Waals surface area contributed by atoms with Crippen molar-refractivity contribution in [3.05, 3.63) is 12.2 Å². The molecule has 0 aromatic heterocycles. The number of epoxide rings is 1. The Bertz CT molecular complexity index is 354. The molecule has 4 aliphatic rings. The van der Waals surface area contributed by atoms with Gasteiger partial charge in [-0.3, -0.25) is 0 Å². The number of hydrogen-bond acceptors (Lipinski definition) is 3. The third-order valence-corrected chi connectivity index (χ3v) is 4.76. The smallest absolute Gasteiger partial charge is 0.221 e. The summed E-state index contributed by atoms with van der Waals surface area (Å²) >= 11 is 0. The molecule has 1 saturated carbocycles. The Hall–Kier alpha value is -0.380. The van der Waals surface area contributed by atoms with Crippen LogP contribution in [0.3, 0.4) is 0 Å². The van der Waals surface area contributed by atoms with Gasteiger partial charge in [-0.1, -0.05) is 6.08 Å². The highest BCUT2D eigenvalue weighted by Gasteiger charge is 2.89. The minimum Gasteiger partial charge on any atom is -0.363 e. The van der Waals surface area contributed by atoms with Crippen molar-refractivity contribution in [2.24, 2.45) is 5.41 Å². The molecule has 3 nitrogen and oxygen atoms in total. The summed E-state index contributed by atoms with van der Waals surface area (Å²) in [6.45, 7) is 2.95. The van der Waals surface area contributed by atoms with Crippen LogP contribution in [0.15, 0.2) is 12.2 Å². The second-order valence-electron chi connectivity index (χ2n) is 5.11. The van der Waals surface area contributed by atoms with Crippen molar-refractivity contribution in [1.82, 2.24) is 0 Å². The summed E-state index contributed by atoms with van der Waals surface area (Å²) in [6.07, 6.45) is 6.62. The van der Waals surface area contributed by atoms with Gasteiger partial charge in [-0.25, -0.2) is 0 Å². The predicted molar refractivity (Wildman–Crippen MR) is 48.7 cm³/mol. The third kappa shape index (κ3) is 0.473. The van der Waals surface area contributed by atoms with Crippen molar-refractivity contribution < 1.29 is 14.2 Å². The van der Waals surface area contributed by atoms with Crippen molar-refractivity contribution in [1.29, 1.82) is 0 Å². The van der Waals surface area contributed by atoms with E-state index in [0.29, 0.717) is 0 Å². The predicted octanol–water partition coefficient (Wildman–Crippen LogP) is 1.24. The molecule has 3 fully saturated rings. The summed E-state index contributed by atoms with van der Waals surface area (Å²) in [5.74, 6) is -0.585. The molecule has 3 heterocycles. The van der Waals surface area contributed by atoms with Gasteiger partial charge in [0.2, 0.25) is 5.79 Å². The van der Waals surface area contributed by atoms with Crippen LogP contribution in [0.5, 0.6) is 0 Å². The fourth-order valence-electron chi connectivity index (χ4n) is 3.71. The summed E-state index contributed by atoms with van der Waals surface area (Å²) in [5, 5.41) is 0. The van der Waals surface area contributed by atoms with E-state index in [1.54, 1.807) is 7.11 Å². The van der Waals surface area contributed by atoms with Crippen LogP contribution in [0.1, 0.15) is 19.8 Å². The van der Waals surface area contributed by atoms with Gasteiger partial charge in [-0.05, 0) is 25.8 Å². The van der Waals surface area contributed by atoms with Gasteiger partial charge in [0, 0.05) is 12.5 Å². The summed E-state index contributed by atoms with van der Waals surface area (Å²) in [4.78, 5) is 0. The first kappa shape index (κ1) is 7.85. The first-order valence-corrected chi connectivity index (χ1v) is 5.23. The van der Waals surface area contributed by atoms with Gasteiger partial charge >= 0.3 is 0 Å². The normalized spacial score (nSPS) is 60.1. The molecule has 14 heavy (non-hydrogen) atoms. The number of ether oxygens (including phenoxy) is 3. The Morgan fingerprint density at radius 3 is 2.50 bits per heavy atom. The first-order chi connectivity index (χ1) is 6.64. The zero-order chi connectivity index (χ0) is 9.66. The molecule has 0 aromatic carbocycles. The Labute approximate surface area is 83.0 Å². The third-order valence-electron chi connectivity index (χ3n) is 4.76. The molecule has 76 valence electrons. The van der Waals surface area contributed by atoms with Crippen LogP contribution in [0.4, 0.5) is 0 Å². The Morgan fingerprint density at radius 1 is 1.29 bits per heavy atom. The lowest BCUT2D eigenvalue weighted by atomic mass is 9.72. The van der Waals surface area contributed by atoms with E-state index in [2.05, 4.69) is 13.0 Å². The number of rotatable bonds is 1. The molecule has 0 unspecified atom stereocenters. The molecule has 2 bridgehead atoms. The molecule has 3 heteroatoms. The fourth-order valence-corrected chi connectivity index (χ4v) is 3.71. The molecule has 3 aliphatic heterocycles. The van der Waals surface area contributed by atoms with Crippen molar-refractivity contribution in [3.8, 4) is 0 Å². The molecule has 2 spiro atoms.